The van der Waals surface area contributed by atoms with Gasteiger partial charge in [0.15, 0.2) is 9.84 Å². The van der Waals surface area contributed by atoms with E-state index < -0.39 is 15.8 Å². The van der Waals surface area contributed by atoms with Gasteiger partial charge in [0.05, 0.1) is 29.8 Å². The maximum atomic E-state index is 12.9. The van der Waals surface area contributed by atoms with Gasteiger partial charge in [-0.15, -0.1) is 0 Å². The Hall–Kier alpha value is -3.10. The van der Waals surface area contributed by atoms with Gasteiger partial charge in [0, 0.05) is 11.1 Å². The van der Waals surface area contributed by atoms with Crippen LogP contribution in [-0.2, 0) is 15.6 Å². The van der Waals surface area contributed by atoms with Crippen molar-refractivity contribution in [2.24, 2.45) is 5.73 Å². The summed E-state index contributed by atoms with van der Waals surface area (Å²) < 4.78 is 36.7. The number of hydrogen-bond acceptors (Lipinski definition) is 6. The van der Waals surface area contributed by atoms with Crippen LogP contribution in [0.3, 0.4) is 0 Å². The Morgan fingerprint density at radius 1 is 1.10 bits per heavy atom. The minimum atomic E-state index is -3.66. The topological polar surface area (TPSA) is 120 Å². The lowest BCUT2D eigenvalue weighted by Gasteiger charge is -2.17. The molecular weight excluding hydrogens is 394 g/mol. The molecule has 8 heteroatoms. The molecule has 1 aromatic heterocycles. The number of sulfone groups is 1. The Morgan fingerprint density at radius 3 is 2.48 bits per heavy atom. The largest absolute Gasteiger partial charge is 0.492 e. The molecule has 0 atom stereocenters. The second-order valence-electron chi connectivity index (χ2n) is 6.36. The molecule has 7 nitrogen and oxygen atoms in total. The van der Waals surface area contributed by atoms with Gasteiger partial charge >= 0.3 is 5.97 Å². The van der Waals surface area contributed by atoms with Gasteiger partial charge in [-0.3, -0.25) is 0 Å². The third-order valence-corrected chi connectivity index (χ3v) is 6.01. The molecule has 0 spiro atoms. The first kappa shape index (κ1) is 20.6. The molecule has 29 heavy (non-hydrogen) atoms. The number of hydrogen-bond donors (Lipinski definition) is 2. The van der Waals surface area contributed by atoms with Crippen molar-refractivity contribution in [2.75, 3.05) is 13.2 Å². The summed E-state index contributed by atoms with van der Waals surface area (Å²) in [5, 5.41) is 9.60. The van der Waals surface area contributed by atoms with Gasteiger partial charge in [-0.25, -0.2) is 13.2 Å². The zero-order valence-electron chi connectivity index (χ0n) is 15.6. The van der Waals surface area contributed by atoms with Gasteiger partial charge in [-0.05, 0) is 42.8 Å². The van der Waals surface area contributed by atoms with Crippen LogP contribution in [0.25, 0.3) is 11.1 Å². The van der Waals surface area contributed by atoms with Crippen LogP contribution in [0.1, 0.15) is 22.3 Å². The monoisotopic (exact) mass is 415 g/mol. The molecule has 0 amide bonds. The minimum Gasteiger partial charge on any atom is -0.492 e. The Morgan fingerprint density at radius 2 is 1.86 bits per heavy atom. The summed E-state index contributed by atoms with van der Waals surface area (Å²) in [5.41, 5.74) is 6.79. The standard InChI is InChI=1S/C21H21NO6S/c22-10-4-11-28-20-18(21(23)24)8-7-16(19(20)15-9-12-27-13-15)14-29(25,26)17-5-2-1-3-6-17/h1-3,5-9,12-13H,4,10-11,14,22H2,(H,23,24). The zero-order valence-corrected chi connectivity index (χ0v) is 16.4. The predicted molar refractivity (Wildman–Crippen MR) is 108 cm³/mol. The van der Waals surface area contributed by atoms with Crippen molar-refractivity contribution in [3.63, 3.8) is 0 Å². The van der Waals surface area contributed by atoms with Crippen LogP contribution in [-0.4, -0.2) is 32.6 Å². The number of carbonyl (C=O) groups is 1. The second kappa shape index (κ2) is 8.93. The lowest BCUT2D eigenvalue weighted by molar-refractivity contribution is 0.0692. The minimum absolute atomic E-state index is 0.0564. The molecule has 2 aromatic carbocycles. The number of nitrogens with two attached hydrogens (primary N) is 1. The van der Waals surface area contributed by atoms with E-state index in [1.54, 1.807) is 24.3 Å². The van der Waals surface area contributed by atoms with E-state index in [1.165, 1.54) is 36.8 Å². The molecule has 0 aliphatic heterocycles. The summed E-state index contributed by atoms with van der Waals surface area (Å²) in [7, 11) is -3.66. The summed E-state index contributed by atoms with van der Waals surface area (Å²) in [5.74, 6) is -1.38. The van der Waals surface area contributed by atoms with Gasteiger partial charge in [-0.1, -0.05) is 24.3 Å². The van der Waals surface area contributed by atoms with E-state index in [4.69, 9.17) is 14.9 Å². The molecule has 3 rings (SSSR count). The lowest BCUT2D eigenvalue weighted by atomic mass is 9.98. The maximum Gasteiger partial charge on any atom is 0.339 e. The van der Waals surface area contributed by atoms with Crippen LogP contribution >= 0.6 is 0 Å². The summed E-state index contributed by atoms with van der Waals surface area (Å²) in [6, 6.07) is 12.6. The van der Waals surface area contributed by atoms with Crippen molar-refractivity contribution < 1.29 is 27.5 Å². The first-order chi connectivity index (χ1) is 13.9. The van der Waals surface area contributed by atoms with E-state index in [0.717, 1.165) is 0 Å². The number of aromatic carboxylic acids is 1. The first-order valence-corrected chi connectivity index (χ1v) is 10.6. The number of carboxylic acid groups (broad SMARTS) is 1. The quantitative estimate of drug-likeness (QED) is 0.514. The first-order valence-electron chi connectivity index (χ1n) is 8.96. The van der Waals surface area contributed by atoms with Gasteiger partial charge in [0.1, 0.15) is 11.3 Å². The van der Waals surface area contributed by atoms with Gasteiger partial charge in [-0.2, -0.15) is 0 Å². The van der Waals surface area contributed by atoms with Crippen LogP contribution in [0.2, 0.25) is 0 Å². The molecule has 0 radical (unpaired) electrons. The molecule has 0 bridgehead atoms. The Bertz CT molecular complexity index is 1080. The Kier molecular flexibility index (Phi) is 6.36. The second-order valence-corrected chi connectivity index (χ2v) is 8.35. The van der Waals surface area contributed by atoms with Crippen molar-refractivity contribution in [3.8, 4) is 16.9 Å². The molecule has 1 heterocycles. The molecule has 3 N–H and O–H groups in total. The van der Waals surface area contributed by atoms with Crippen LogP contribution in [0.4, 0.5) is 0 Å². The molecule has 0 aliphatic rings. The van der Waals surface area contributed by atoms with Crippen molar-refractivity contribution in [2.45, 2.75) is 17.1 Å². The normalized spacial score (nSPS) is 11.3. The number of carboxylic acids is 1. The van der Waals surface area contributed by atoms with Gasteiger partial charge in [0.25, 0.3) is 0 Å². The molecular formula is C21H21NO6S. The fourth-order valence-corrected chi connectivity index (χ4v) is 4.35. The third kappa shape index (κ3) is 4.67. The van der Waals surface area contributed by atoms with Crippen LogP contribution in [0.15, 0.2) is 70.4 Å². The van der Waals surface area contributed by atoms with Crippen LogP contribution in [0, 0.1) is 0 Å². The molecule has 0 unspecified atom stereocenters. The van der Waals surface area contributed by atoms with Crippen molar-refractivity contribution in [1.29, 1.82) is 0 Å². The fraction of sp³-hybridized carbons (Fsp3) is 0.190. The van der Waals surface area contributed by atoms with Crippen molar-refractivity contribution in [1.82, 2.24) is 0 Å². The van der Waals surface area contributed by atoms with E-state index >= 15 is 0 Å². The van der Waals surface area contributed by atoms with E-state index in [-0.39, 0.29) is 28.6 Å². The summed E-state index contributed by atoms with van der Waals surface area (Å²) >= 11 is 0. The third-order valence-electron chi connectivity index (χ3n) is 4.33. The number of benzene rings is 2. The lowest BCUT2D eigenvalue weighted by Crippen LogP contribution is -2.12. The van der Waals surface area contributed by atoms with Crippen molar-refractivity contribution >= 4 is 15.8 Å². The predicted octanol–water partition coefficient (Wildman–Crippen LogP) is 3.35. The van der Waals surface area contributed by atoms with E-state index in [9.17, 15) is 18.3 Å². The van der Waals surface area contributed by atoms with Gasteiger partial charge in [0.2, 0.25) is 0 Å². The van der Waals surface area contributed by atoms with Crippen LogP contribution < -0.4 is 10.5 Å². The SMILES string of the molecule is NCCCOc1c(C(=O)O)ccc(CS(=O)(=O)c2ccccc2)c1-c1ccoc1. The zero-order chi connectivity index (χ0) is 20.9. The molecule has 3 aromatic rings. The summed E-state index contributed by atoms with van der Waals surface area (Å²) in [4.78, 5) is 11.9. The van der Waals surface area contributed by atoms with Crippen LogP contribution in [0.5, 0.6) is 5.75 Å². The number of ether oxygens (including phenoxy) is 1. The highest BCUT2D eigenvalue weighted by molar-refractivity contribution is 7.90. The average Bonchev–Trinajstić information content (AvgIpc) is 3.23. The van der Waals surface area contributed by atoms with Gasteiger partial charge < -0.3 is 20.0 Å². The Labute approximate surface area is 168 Å². The number of rotatable bonds is 9. The molecule has 0 aliphatic carbocycles. The molecule has 0 saturated heterocycles. The molecule has 0 fully saturated rings. The van der Waals surface area contributed by atoms with E-state index in [2.05, 4.69) is 0 Å². The Balaban J connectivity index is 2.14. The summed E-state index contributed by atoms with van der Waals surface area (Å²) in [6.07, 6.45) is 3.38. The highest BCUT2D eigenvalue weighted by Crippen LogP contribution is 2.38. The smallest absolute Gasteiger partial charge is 0.339 e. The number of furan rings is 1. The van der Waals surface area contributed by atoms with Crippen molar-refractivity contribution in [3.05, 3.63) is 72.2 Å². The molecule has 0 saturated carbocycles. The average molecular weight is 415 g/mol. The molecule has 152 valence electrons. The van der Waals surface area contributed by atoms with E-state index in [0.29, 0.717) is 29.7 Å². The highest BCUT2D eigenvalue weighted by atomic mass is 32.2. The maximum absolute atomic E-state index is 12.9. The fourth-order valence-electron chi connectivity index (χ4n) is 2.96. The summed E-state index contributed by atoms with van der Waals surface area (Å²) in [6.45, 7) is 0.585. The highest BCUT2D eigenvalue weighted by Gasteiger charge is 2.25. The van der Waals surface area contributed by atoms with E-state index in [1.807, 2.05) is 0 Å².